The number of hydrogen-bond donors (Lipinski definition) is 2. The van der Waals surface area contributed by atoms with Gasteiger partial charge in [0.05, 0.1) is 11.7 Å². The van der Waals surface area contributed by atoms with Gasteiger partial charge in [0.2, 0.25) is 0 Å². The summed E-state index contributed by atoms with van der Waals surface area (Å²) in [6.07, 6.45) is -3.60. The van der Waals surface area contributed by atoms with Crippen LogP contribution in [0.5, 0.6) is 0 Å². The van der Waals surface area contributed by atoms with Gasteiger partial charge in [0, 0.05) is 56.6 Å². The molecule has 0 saturated carbocycles. The van der Waals surface area contributed by atoms with E-state index in [-0.39, 0.29) is 37.1 Å². The highest BCUT2D eigenvalue weighted by atomic mass is 19.4. The lowest BCUT2D eigenvalue weighted by molar-refractivity contribution is -0.140. The first kappa shape index (κ1) is 24.6. The first-order valence-corrected chi connectivity index (χ1v) is 12.2. The smallest absolute Gasteiger partial charge is 0.390 e. The van der Waals surface area contributed by atoms with Crippen molar-refractivity contribution in [1.82, 2.24) is 14.7 Å². The Labute approximate surface area is 207 Å². The van der Waals surface area contributed by atoms with E-state index in [1.807, 2.05) is 12.1 Å². The van der Waals surface area contributed by atoms with Crippen molar-refractivity contribution in [1.29, 1.82) is 0 Å². The first-order valence-electron chi connectivity index (χ1n) is 12.2. The monoisotopic (exact) mass is 502 g/mol. The van der Waals surface area contributed by atoms with Crippen LogP contribution < -0.4 is 5.32 Å². The van der Waals surface area contributed by atoms with Gasteiger partial charge in [-0.15, -0.1) is 0 Å². The van der Waals surface area contributed by atoms with Crippen LogP contribution in [0, 0.1) is 0 Å². The number of fused-ring (bicyclic) bond motifs is 2. The number of alkyl halides is 3. The number of likely N-dealkylation sites (tertiary alicyclic amines) is 1. The second-order valence-electron chi connectivity index (χ2n) is 9.69. The molecule has 0 spiro atoms. The van der Waals surface area contributed by atoms with Crippen molar-refractivity contribution in [2.24, 2.45) is 0 Å². The van der Waals surface area contributed by atoms with Gasteiger partial charge in [-0.05, 0) is 42.2 Å². The van der Waals surface area contributed by atoms with Crippen LogP contribution >= 0.6 is 0 Å². The summed E-state index contributed by atoms with van der Waals surface area (Å²) >= 11 is 0. The van der Waals surface area contributed by atoms with E-state index >= 15 is 0 Å². The fourth-order valence-electron chi connectivity index (χ4n) is 5.49. The molecule has 36 heavy (non-hydrogen) atoms. The molecule has 1 saturated heterocycles. The van der Waals surface area contributed by atoms with Crippen LogP contribution in [-0.2, 0) is 13.0 Å². The van der Waals surface area contributed by atoms with Gasteiger partial charge in [0.15, 0.2) is 0 Å². The van der Waals surface area contributed by atoms with E-state index in [9.17, 15) is 27.9 Å². The zero-order valence-electron chi connectivity index (χ0n) is 19.8. The summed E-state index contributed by atoms with van der Waals surface area (Å²) in [5, 5.41) is 13.9. The second kappa shape index (κ2) is 9.74. The minimum absolute atomic E-state index is 0.0339. The standard InChI is InChI=1S/C26H29F3N4O3/c27-26(28,29)16-33-12-9-30-21-13-18(5-6-20(21)25(33)36)24(35)32-11-8-22(23(34)15-32)31-10-7-17-3-1-2-4-19(17)14-31/h1-6,13,22-23,30,34H,7-12,14-16H2/t22-,23-/m0/s1. The summed E-state index contributed by atoms with van der Waals surface area (Å²) < 4.78 is 38.6. The lowest BCUT2D eigenvalue weighted by atomic mass is 9.94. The molecule has 3 aliphatic rings. The summed E-state index contributed by atoms with van der Waals surface area (Å²) in [4.78, 5) is 30.5. The predicted molar refractivity (Wildman–Crippen MR) is 128 cm³/mol. The third-order valence-electron chi connectivity index (χ3n) is 7.31. The topological polar surface area (TPSA) is 76.1 Å². The molecule has 2 aromatic rings. The summed E-state index contributed by atoms with van der Waals surface area (Å²) in [6, 6.07) is 12.7. The SMILES string of the molecule is O=C(c1ccc2c(c1)NCCN(CC(F)(F)F)C2=O)N1CC[C@H](N2CCc3ccccc3C2)[C@@H](O)C1. The summed E-state index contributed by atoms with van der Waals surface area (Å²) in [5.41, 5.74) is 3.40. The Morgan fingerprint density at radius 3 is 2.61 bits per heavy atom. The highest BCUT2D eigenvalue weighted by Crippen LogP contribution is 2.28. The molecule has 5 rings (SSSR count). The number of anilines is 1. The number of carbonyl (C=O) groups is 2. The van der Waals surface area contributed by atoms with Gasteiger partial charge in [0.1, 0.15) is 6.54 Å². The highest BCUT2D eigenvalue weighted by Gasteiger charge is 2.37. The third kappa shape index (κ3) is 5.05. The Morgan fingerprint density at radius 2 is 1.86 bits per heavy atom. The van der Waals surface area contributed by atoms with Gasteiger partial charge < -0.3 is 20.2 Å². The minimum Gasteiger partial charge on any atom is -0.390 e. The molecule has 0 aromatic heterocycles. The number of halogens is 3. The van der Waals surface area contributed by atoms with Gasteiger partial charge in [0.25, 0.3) is 11.8 Å². The van der Waals surface area contributed by atoms with Crippen LogP contribution in [0.4, 0.5) is 18.9 Å². The van der Waals surface area contributed by atoms with Gasteiger partial charge in [-0.2, -0.15) is 13.2 Å². The zero-order valence-corrected chi connectivity index (χ0v) is 19.8. The third-order valence-corrected chi connectivity index (χ3v) is 7.31. The first-order chi connectivity index (χ1) is 17.2. The Hall–Kier alpha value is -3.11. The van der Waals surface area contributed by atoms with Crippen LogP contribution in [0.1, 0.15) is 38.3 Å². The summed E-state index contributed by atoms with van der Waals surface area (Å²) in [7, 11) is 0. The maximum Gasteiger partial charge on any atom is 0.406 e. The molecule has 3 heterocycles. The van der Waals surface area contributed by atoms with E-state index < -0.39 is 24.7 Å². The average molecular weight is 503 g/mol. The number of piperidine rings is 1. The van der Waals surface area contributed by atoms with Crippen molar-refractivity contribution in [3.05, 3.63) is 64.7 Å². The average Bonchev–Trinajstić information content (AvgIpc) is 3.00. The van der Waals surface area contributed by atoms with E-state index in [0.29, 0.717) is 24.2 Å². The van der Waals surface area contributed by atoms with Gasteiger partial charge in [-0.1, -0.05) is 24.3 Å². The normalized spacial score (nSPS) is 22.9. The number of rotatable bonds is 3. The molecule has 10 heteroatoms. The Bertz CT molecular complexity index is 1160. The number of amides is 2. The maximum absolute atomic E-state index is 13.2. The molecule has 0 unspecified atom stereocenters. The number of aliphatic hydroxyl groups excluding tert-OH is 1. The minimum atomic E-state index is -4.49. The fraction of sp³-hybridized carbons (Fsp3) is 0.462. The largest absolute Gasteiger partial charge is 0.406 e. The molecule has 192 valence electrons. The van der Waals surface area contributed by atoms with Gasteiger partial charge in [-0.25, -0.2) is 0 Å². The predicted octanol–water partition coefficient (Wildman–Crippen LogP) is 2.75. The molecule has 2 amide bonds. The van der Waals surface area contributed by atoms with Crippen molar-refractivity contribution in [3.63, 3.8) is 0 Å². The second-order valence-corrected chi connectivity index (χ2v) is 9.69. The Kier molecular flexibility index (Phi) is 6.65. The molecule has 2 atom stereocenters. The van der Waals surface area contributed by atoms with E-state index in [1.54, 1.807) is 4.90 Å². The van der Waals surface area contributed by atoms with Gasteiger partial charge in [-0.3, -0.25) is 14.5 Å². The van der Waals surface area contributed by atoms with E-state index in [1.165, 1.54) is 29.3 Å². The van der Waals surface area contributed by atoms with Crippen molar-refractivity contribution in [2.75, 3.05) is 44.6 Å². The molecule has 0 bridgehead atoms. The quantitative estimate of drug-likeness (QED) is 0.675. The van der Waals surface area contributed by atoms with Crippen LogP contribution in [0.15, 0.2) is 42.5 Å². The van der Waals surface area contributed by atoms with Crippen LogP contribution in [-0.4, -0.2) is 89.2 Å². The van der Waals surface area contributed by atoms with Crippen LogP contribution in [0.2, 0.25) is 0 Å². The Morgan fingerprint density at radius 1 is 1.08 bits per heavy atom. The van der Waals surface area contributed by atoms with Crippen molar-refractivity contribution >= 4 is 17.5 Å². The number of β-amino-alcohol motifs (C(OH)–C–C–N with tert-alkyl or cyclic N) is 1. The van der Waals surface area contributed by atoms with E-state index in [0.717, 1.165) is 24.4 Å². The molecule has 2 N–H and O–H groups in total. The molecule has 0 aliphatic carbocycles. The summed E-state index contributed by atoms with van der Waals surface area (Å²) in [6.45, 7) is 1.08. The van der Waals surface area contributed by atoms with E-state index in [2.05, 4.69) is 22.3 Å². The number of nitrogens with zero attached hydrogens (tertiary/aromatic N) is 3. The summed E-state index contributed by atoms with van der Waals surface area (Å²) in [5.74, 6) is -0.990. The maximum atomic E-state index is 13.2. The molecule has 1 fully saturated rings. The van der Waals surface area contributed by atoms with Crippen molar-refractivity contribution in [3.8, 4) is 0 Å². The zero-order chi connectivity index (χ0) is 25.4. The van der Waals surface area contributed by atoms with Gasteiger partial charge >= 0.3 is 6.18 Å². The number of nitrogens with one attached hydrogen (secondary N) is 1. The van der Waals surface area contributed by atoms with Crippen molar-refractivity contribution < 1.29 is 27.9 Å². The van der Waals surface area contributed by atoms with E-state index in [4.69, 9.17) is 0 Å². The lowest BCUT2D eigenvalue weighted by Crippen LogP contribution is -2.56. The van der Waals surface area contributed by atoms with Crippen molar-refractivity contribution in [2.45, 2.75) is 37.7 Å². The highest BCUT2D eigenvalue weighted by molar-refractivity contribution is 6.03. The molecular formula is C26H29F3N4O3. The number of aliphatic hydroxyl groups is 1. The molecular weight excluding hydrogens is 473 g/mol. The molecule has 0 radical (unpaired) electrons. The number of benzene rings is 2. The van der Waals surface area contributed by atoms with Crippen LogP contribution in [0.3, 0.4) is 0 Å². The van der Waals surface area contributed by atoms with Crippen LogP contribution in [0.25, 0.3) is 0 Å². The fourth-order valence-corrected chi connectivity index (χ4v) is 5.49. The Balaban J connectivity index is 1.25. The molecule has 3 aliphatic heterocycles. The molecule has 2 aromatic carbocycles. The molecule has 7 nitrogen and oxygen atoms in total. The lowest BCUT2D eigenvalue weighted by Gasteiger charge is -2.43. The number of carbonyl (C=O) groups excluding carboxylic acids is 2. The number of hydrogen-bond acceptors (Lipinski definition) is 5.